The van der Waals surface area contributed by atoms with Crippen molar-refractivity contribution in [1.29, 1.82) is 5.26 Å². The minimum atomic E-state index is -4.65. The lowest BCUT2D eigenvalue weighted by atomic mass is 9.93. The van der Waals surface area contributed by atoms with Gasteiger partial charge in [0.1, 0.15) is 17.7 Å². The number of nitrogens with zero attached hydrogens (tertiary/aromatic N) is 5. The predicted octanol–water partition coefficient (Wildman–Crippen LogP) is 4.88. The van der Waals surface area contributed by atoms with Crippen molar-refractivity contribution >= 4 is 22.6 Å². The Labute approximate surface area is 199 Å². The first kappa shape index (κ1) is 24.1. The van der Waals surface area contributed by atoms with Crippen molar-refractivity contribution in [1.82, 2.24) is 14.9 Å². The molecule has 0 bridgehead atoms. The minimum absolute atomic E-state index is 0.0882. The molecule has 4 rings (SSSR count). The van der Waals surface area contributed by atoms with Crippen LogP contribution in [0.5, 0.6) is 0 Å². The highest BCUT2D eigenvalue weighted by molar-refractivity contribution is 5.95. The van der Waals surface area contributed by atoms with Gasteiger partial charge in [-0.2, -0.15) is 18.4 Å². The summed E-state index contributed by atoms with van der Waals surface area (Å²) in [5.41, 5.74) is -1.16. The van der Waals surface area contributed by atoms with Gasteiger partial charge in [-0.3, -0.25) is 4.79 Å². The molecule has 3 aromatic rings. The second-order valence-electron chi connectivity index (χ2n) is 8.22. The molecule has 2 aromatic carbocycles. The maximum atomic E-state index is 15.8. The number of benzene rings is 2. The van der Waals surface area contributed by atoms with Crippen LogP contribution < -0.4 is 4.90 Å². The molecule has 1 amide bonds. The number of hydrogen-bond acceptors (Lipinski definition) is 5. The third kappa shape index (κ3) is 4.41. The number of aromatic nitrogens is 2. The number of alkyl halides is 3. The molecular formula is C25H21F4N5O. The zero-order valence-corrected chi connectivity index (χ0v) is 18.8. The molecule has 0 aliphatic carbocycles. The Balaban J connectivity index is 1.81. The van der Waals surface area contributed by atoms with Gasteiger partial charge in [0, 0.05) is 30.6 Å². The van der Waals surface area contributed by atoms with Crippen LogP contribution in [0.1, 0.15) is 17.5 Å². The monoisotopic (exact) mass is 483 g/mol. The van der Waals surface area contributed by atoms with E-state index in [0.717, 1.165) is 12.4 Å². The Bertz CT molecular complexity index is 1350. The zero-order chi connectivity index (χ0) is 25.3. The Morgan fingerprint density at radius 1 is 1.29 bits per heavy atom. The lowest BCUT2D eigenvalue weighted by Gasteiger charge is -2.41. The normalized spacial score (nSPS) is 16.3. The van der Waals surface area contributed by atoms with Gasteiger partial charge in [0.05, 0.1) is 24.1 Å². The smallest absolute Gasteiger partial charge is 0.352 e. The van der Waals surface area contributed by atoms with Crippen LogP contribution >= 0.6 is 0 Å². The Hall–Kier alpha value is -4.00. The van der Waals surface area contributed by atoms with E-state index in [4.69, 9.17) is 0 Å². The lowest BCUT2D eigenvalue weighted by Crippen LogP contribution is -2.55. The van der Waals surface area contributed by atoms with E-state index in [1.165, 1.54) is 24.3 Å². The second kappa shape index (κ2) is 9.33. The molecule has 180 valence electrons. The largest absolute Gasteiger partial charge is 0.417 e. The van der Waals surface area contributed by atoms with Crippen LogP contribution in [0.2, 0.25) is 0 Å². The van der Waals surface area contributed by atoms with E-state index < -0.39 is 23.6 Å². The highest BCUT2D eigenvalue weighted by atomic mass is 19.4. The van der Waals surface area contributed by atoms with Crippen LogP contribution in [0, 0.1) is 24.1 Å². The van der Waals surface area contributed by atoms with E-state index in [0.29, 0.717) is 29.9 Å². The van der Waals surface area contributed by atoms with Crippen LogP contribution in [0.3, 0.4) is 0 Å². The zero-order valence-electron chi connectivity index (χ0n) is 18.8. The number of carbonyl (C=O) groups excluding carboxylic acids is 1. The first-order valence-corrected chi connectivity index (χ1v) is 10.8. The number of piperazine rings is 1. The number of anilines is 1. The number of amides is 1. The van der Waals surface area contributed by atoms with Gasteiger partial charge in [0.2, 0.25) is 5.91 Å². The maximum Gasteiger partial charge on any atom is 0.417 e. The molecule has 1 aliphatic heterocycles. The van der Waals surface area contributed by atoms with Gasteiger partial charge in [-0.25, -0.2) is 14.4 Å². The van der Waals surface area contributed by atoms with Gasteiger partial charge >= 0.3 is 6.18 Å². The summed E-state index contributed by atoms with van der Waals surface area (Å²) >= 11 is 0. The highest BCUT2D eigenvalue weighted by Gasteiger charge is 2.35. The first-order valence-electron chi connectivity index (χ1n) is 10.8. The van der Waals surface area contributed by atoms with Crippen molar-refractivity contribution in [3.05, 3.63) is 66.3 Å². The molecule has 0 N–H and O–H groups in total. The first-order chi connectivity index (χ1) is 16.7. The van der Waals surface area contributed by atoms with Gasteiger partial charge in [-0.15, -0.1) is 0 Å². The van der Waals surface area contributed by atoms with Crippen molar-refractivity contribution in [2.24, 2.45) is 0 Å². The van der Waals surface area contributed by atoms with Crippen LogP contribution in [-0.4, -0.2) is 46.5 Å². The number of nitriles is 1. The molecule has 1 aromatic heterocycles. The van der Waals surface area contributed by atoms with Crippen LogP contribution in [-0.2, 0) is 11.0 Å². The van der Waals surface area contributed by atoms with Gasteiger partial charge in [-0.1, -0.05) is 24.8 Å². The molecule has 1 aliphatic rings. The summed E-state index contributed by atoms with van der Waals surface area (Å²) in [6, 6.07) is 8.08. The molecule has 0 saturated carbocycles. The third-order valence-electron chi connectivity index (χ3n) is 6.11. The van der Waals surface area contributed by atoms with E-state index in [1.54, 1.807) is 17.9 Å². The lowest BCUT2D eigenvalue weighted by molar-refractivity contribution is -0.137. The SMILES string of the molecule is C=CC(=O)N1CCN(c2ncnc3c(F)c(-c4ccccc4C(F)(F)F)c(C)cc23)CC1CC#N. The molecule has 0 radical (unpaired) electrons. The quantitative estimate of drug-likeness (QED) is 0.391. The third-order valence-corrected chi connectivity index (χ3v) is 6.11. The molecular weight excluding hydrogens is 462 g/mol. The summed E-state index contributed by atoms with van der Waals surface area (Å²) in [5, 5.41) is 9.57. The van der Waals surface area contributed by atoms with Crippen molar-refractivity contribution < 1.29 is 22.4 Å². The molecule has 2 heterocycles. The Morgan fingerprint density at radius 3 is 2.71 bits per heavy atom. The summed E-state index contributed by atoms with van der Waals surface area (Å²) in [5.74, 6) is -0.761. The van der Waals surface area contributed by atoms with Crippen molar-refractivity contribution in [2.45, 2.75) is 25.6 Å². The Morgan fingerprint density at radius 2 is 2.03 bits per heavy atom. The van der Waals surface area contributed by atoms with E-state index in [9.17, 15) is 23.2 Å². The van der Waals surface area contributed by atoms with Crippen molar-refractivity contribution in [3.8, 4) is 17.2 Å². The summed E-state index contributed by atoms with van der Waals surface area (Å²) in [6.45, 7) is 6.00. The molecule has 0 spiro atoms. The standard InChI is InChI=1S/C25H21F4N5O/c1-3-20(35)34-11-10-33(13-16(34)8-9-30)24-18-12-15(2)21(22(26)23(18)31-14-32-24)17-6-4-5-7-19(17)25(27,28)29/h3-7,12,14,16H,1,8,10-11,13H2,2H3. The number of fused-ring (bicyclic) bond motifs is 1. The maximum absolute atomic E-state index is 15.8. The minimum Gasteiger partial charge on any atom is -0.352 e. The van der Waals surface area contributed by atoms with Crippen molar-refractivity contribution in [2.75, 3.05) is 24.5 Å². The van der Waals surface area contributed by atoms with Gasteiger partial charge in [0.25, 0.3) is 0 Å². The fourth-order valence-corrected chi connectivity index (χ4v) is 4.54. The van der Waals surface area contributed by atoms with Gasteiger partial charge < -0.3 is 9.80 Å². The van der Waals surface area contributed by atoms with Gasteiger partial charge in [0.15, 0.2) is 5.82 Å². The average Bonchev–Trinajstić information content (AvgIpc) is 2.83. The van der Waals surface area contributed by atoms with E-state index >= 15 is 4.39 Å². The molecule has 1 fully saturated rings. The van der Waals surface area contributed by atoms with E-state index in [2.05, 4.69) is 22.6 Å². The molecule has 1 atom stereocenters. The van der Waals surface area contributed by atoms with Crippen LogP contribution in [0.25, 0.3) is 22.0 Å². The number of aryl methyl sites for hydroxylation is 1. The predicted molar refractivity (Wildman–Crippen MR) is 123 cm³/mol. The summed E-state index contributed by atoms with van der Waals surface area (Å²) in [7, 11) is 0. The average molecular weight is 483 g/mol. The van der Waals surface area contributed by atoms with E-state index in [-0.39, 0.29) is 35.5 Å². The molecule has 10 heteroatoms. The number of hydrogen-bond donors (Lipinski definition) is 0. The number of carbonyl (C=O) groups is 1. The molecule has 35 heavy (non-hydrogen) atoms. The Kier molecular flexibility index (Phi) is 6.43. The van der Waals surface area contributed by atoms with Crippen LogP contribution in [0.4, 0.5) is 23.4 Å². The summed E-state index contributed by atoms with van der Waals surface area (Å²) in [4.78, 5) is 24.0. The van der Waals surface area contributed by atoms with Gasteiger partial charge in [-0.05, 0) is 36.3 Å². The summed E-state index contributed by atoms with van der Waals surface area (Å²) in [6.07, 6.45) is -2.21. The van der Waals surface area contributed by atoms with Crippen LogP contribution in [0.15, 0.2) is 49.3 Å². The molecule has 1 unspecified atom stereocenters. The van der Waals surface area contributed by atoms with Crippen molar-refractivity contribution in [3.63, 3.8) is 0 Å². The fraction of sp³-hybridized carbons (Fsp3) is 0.280. The topological polar surface area (TPSA) is 73.1 Å². The van der Waals surface area contributed by atoms with E-state index in [1.807, 2.05) is 4.90 Å². The fourth-order valence-electron chi connectivity index (χ4n) is 4.54. The highest BCUT2D eigenvalue weighted by Crippen LogP contribution is 2.41. The second-order valence-corrected chi connectivity index (χ2v) is 8.22. The molecule has 1 saturated heterocycles. The number of halogens is 4. The molecule has 6 nitrogen and oxygen atoms in total. The summed E-state index contributed by atoms with van der Waals surface area (Å²) < 4.78 is 56.6. The number of rotatable bonds is 4.